The van der Waals surface area contributed by atoms with Crippen molar-refractivity contribution in [3.8, 4) is 17.6 Å². The maximum absolute atomic E-state index is 9.85. The fraction of sp³-hybridized carbons (Fsp3) is 0.240. The molecule has 0 unspecified atom stereocenters. The summed E-state index contributed by atoms with van der Waals surface area (Å²) in [5.41, 5.74) is 10.7. The zero-order valence-corrected chi connectivity index (χ0v) is 17.9. The Morgan fingerprint density at radius 2 is 1.65 bits per heavy atom. The van der Waals surface area contributed by atoms with Gasteiger partial charge in [-0.1, -0.05) is 24.3 Å². The molecule has 0 radical (unpaired) electrons. The van der Waals surface area contributed by atoms with Crippen molar-refractivity contribution >= 4 is 6.08 Å². The number of allylic oxidation sites excluding steroid dienone is 1. The summed E-state index contributed by atoms with van der Waals surface area (Å²) in [6, 6.07) is 17.9. The van der Waals surface area contributed by atoms with Gasteiger partial charge in [0, 0.05) is 18.7 Å². The van der Waals surface area contributed by atoms with Gasteiger partial charge in [-0.2, -0.15) is 5.26 Å². The first kappa shape index (κ1) is 20.6. The van der Waals surface area contributed by atoms with Crippen LogP contribution in [-0.2, 0) is 4.74 Å². The number of ether oxygens (including phenoxy) is 3. The number of rotatable bonds is 4. The first-order valence-corrected chi connectivity index (χ1v) is 10.0. The van der Waals surface area contributed by atoms with Crippen LogP contribution in [0.4, 0.5) is 0 Å². The highest BCUT2D eigenvalue weighted by atomic mass is 16.5. The van der Waals surface area contributed by atoms with Crippen molar-refractivity contribution < 1.29 is 14.2 Å². The molecule has 31 heavy (non-hydrogen) atoms. The molecule has 0 amide bonds. The lowest BCUT2D eigenvalue weighted by Gasteiger charge is -2.36. The first-order valence-electron chi connectivity index (χ1n) is 10.0. The summed E-state index contributed by atoms with van der Waals surface area (Å²) in [4.78, 5) is 2.21. The Morgan fingerprint density at radius 3 is 2.23 bits per heavy atom. The standard InChI is InChI=1S/C25H25N3O3/c1-28-14-18(12-16-4-8-19(29-2)9-5-16)24-22(15-28)23(21(13-26)25(27)31-24)17-6-10-20(30-3)11-7-17/h4-12,23H,14-15,27H2,1-3H3/t23-/m0/s1. The highest BCUT2D eigenvalue weighted by Gasteiger charge is 2.37. The third-order valence-electron chi connectivity index (χ3n) is 5.60. The predicted octanol–water partition coefficient (Wildman–Crippen LogP) is 3.79. The van der Waals surface area contributed by atoms with Crippen molar-refractivity contribution in [1.29, 1.82) is 5.26 Å². The Balaban J connectivity index is 1.81. The first-order chi connectivity index (χ1) is 15.0. The van der Waals surface area contributed by atoms with Gasteiger partial charge in [-0.15, -0.1) is 0 Å². The average molecular weight is 415 g/mol. The Bertz CT molecular complexity index is 1110. The van der Waals surface area contributed by atoms with Gasteiger partial charge < -0.3 is 19.9 Å². The van der Waals surface area contributed by atoms with E-state index in [1.165, 1.54) is 0 Å². The Morgan fingerprint density at radius 1 is 1.03 bits per heavy atom. The van der Waals surface area contributed by atoms with E-state index in [2.05, 4.69) is 24.1 Å². The molecule has 0 aromatic heterocycles. The number of hydrogen-bond donors (Lipinski definition) is 1. The second-order valence-corrected chi connectivity index (χ2v) is 7.67. The SMILES string of the molecule is COc1ccc(C=C2CN(C)CC3=C2OC(N)=C(C#N)[C@@H]3c2ccc(OC)cc2)cc1. The van der Waals surface area contributed by atoms with Crippen molar-refractivity contribution in [2.45, 2.75) is 5.92 Å². The van der Waals surface area contributed by atoms with E-state index < -0.39 is 0 Å². The molecule has 2 aliphatic rings. The number of hydrogen-bond acceptors (Lipinski definition) is 6. The largest absolute Gasteiger partial charge is 0.497 e. The van der Waals surface area contributed by atoms with Gasteiger partial charge in [-0.25, -0.2) is 0 Å². The topological polar surface area (TPSA) is 80.7 Å². The quantitative estimate of drug-likeness (QED) is 0.818. The van der Waals surface area contributed by atoms with Crippen LogP contribution in [0.5, 0.6) is 11.5 Å². The van der Waals surface area contributed by atoms with Gasteiger partial charge in [0.2, 0.25) is 5.88 Å². The highest BCUT2D eigenvalue weighted by molar-refractivity contribution is 5.63. The highest BCUT2D eigenvalue weighted by Crippen LogP contribution is 2.43. The maximum atomic E-state index is 9.85. The molecule has 2 heterocycles. The molecule has 4 rings (SSSR count). The number of nitrogens with two attached hydrogens (primary N) is 1. The Labute approximate surface area is 182 Å². The second-order valence-electron chi connectivity index (χ2n) is 7.67. The van der Waals surface area contributed by atoms with E-state index in [0.29, 0.717) is 12.1 Å². The molecule has 158 valence electrons. The molecule has 0 saturated heterocycles. The van der Waals surface area contributed by atoms with Gasteiger partial charge in [0.15, 0.2) is 0 Å². The lowest BCUT2D eigenvalue weighted by atomic mass is 9.80. The molecule has 0 bridgehead atoms. The summed E-state index contributed by atoms with van der Waals surface area (Å²) in [6.45, 7) is 1.40. The Kier molecular flexibility index (Phi) is 5.70. The zero-order valence-electron chi connectivity index (χ0n) is 17.9. The minimum absolute atomic E-state index is 0.159. The number of likely N-dealkylation sites (N-methyl/N-ethyl adjacent to an activating group) is 1. The van der Waals surface area contributed by atoms with Gasteiger partial charge in [0.1, 0.15) is 28.9 Å². The lowest BCUT2D eigenvalue weighted by molar-refractivity contribution is 0.251. The molecule has 2 N–H and O–H groups in total. The van der Waals surface area contributed by atoms with Gasteiger partial charge in [0.05, 0.1) is 20.1 Å². The zero-order chi connectivity index (χ0) is 22.0. The molecule has 6 nitrogen and oxygen atoms in total. The van der Waals surface area contributed by atoms with E-state index in [4.69, 9.17) is 19.9 Å². The van der Waals surface area contributed by atoms with Crippen LogP contribution in [0.15, 0.2) is 76.9 Å². The van der Waals surface area contributed by atoms with Crippen LogP contribution in [-0.4, -0.2) is 39.3 Å². The van der Waals surface area contributed by atoms with Crippen LogP contribution in [0.25, 0.3) is 6.08 Å². The molecule has 6 heteroatoms. The number of nitrogens with zero attached hydrogens (tertiary/aromatic N) is 2. The van der Waals surface area contributed by atoms with Crippen molar-refractivity contribution in [3.63, 3.8) is 0 Å². The van der Waals surface area contributed by atoms with Crippen molar-refractivity contribution in [3.05, 3.63) is 88.0 Å². The summed E-state index contributed by atoms with van der Waals surface area (Å²) in [7, 11) is 5.34. The van der Waals surface area contributed by atoms with Gasteiger partial charge in [-0.3, -0.25) is 4.90 Å². The molecule has 2 aromatic carbocycles. The average Bonchev–Trinajstić information content (AvgIpc) is 2.79. The van der Waals surface area contributed by atoms with Crippen LogP contribution < -0.4 is 15.2 Å². The van der Waals surface area contributed by atoms with Crippen LogP contribution in [0.1, 0.15) is 17.0 Å². The van der Waals surface area contributed by atoms with Crippen LogP contribution >= 0.6 is 0 Å². The number of benzene rings is 2. The molecule has 0 fully saturated rings. The molecule has 2 aliphatic heterocycles. The van der Waals surface area contributed by atoms with Gasteiger partial charge in [0.25, 0.3) is 0 Å². The fourth-order valence-electron chi connectivity index (χ4n) is 4.12. The molecular weight excluding hydrogens is 390 g/mol. The van der Waals surface area contributed by atoms with Crippen LogP contribution in [0, 0.1) is 11.3 Å². The van der Waals surface area contributed by atoms with E-state index in [1.54, 1.807) is 14.2 Å². The molecular formula is C25H25N3O3. The van der Waals surface area contributed by atoms with Gasteiger partial charge in [-0.05, 0) is 54.1 Å². The smallest absolute Gasteiger partial charge is 0.205 e. The van der Waals surface area contributed by atoms with Crippen LogP contribution in [0.2, 0.25) is 0 Å². The minimum atomic E-state index is -0.262. The Hall–Kier alpha value is -3.69. The van der Waals surface area contributed by atoms with Crippen molar-refractivity contribution in [2.24, 2.45) is 5.73 Å². The maximum Gasteiger partial charge on any atom is 0.205 e. The van der Waals surface area contributed by atoms with E-state index in [-0.39, 0.29) is 11.8 Å². The number of nitriles is 1. The summed E-state index contributed by atoms with van der Waals surface area (Å²) in [5.74, 6) is 2.23. The van der Waals surface area contributed by atoms with E-state index in [0.717, 1.165) is 46.1 Å². The van der Waals surface area contributed by atoms with Crippen molar-refractivity contribution in [2.75, 3.05) is 34.4 Å². The minimum Gasteiger partial charge on any atom is -0.497 e. The van der Waals surface area contributed by atoms with E-state index in [1.807, 2.05) is 48.5 Å². The fourth-order valence-corrected chi connectivity index (χ4v) is 4.12. The second kappa shape index (κ2) is 8.58. The monoisotopic (exact) mass is 415 g/mol. The summed E-state index contributed by atoms with van der Waals surface area (Å²) < 4.78 is 16.6. The summed E-state index contributed by atoms with van der Waals surface area (Å²) in [5, 5.41) is 9.85. The third-order valence-corrected chi connectivity index (χ3v) is 5.60. The summed E-state index contributed by atoms with van der Waals surface area (Å²) >= 11 is 0. The molecule has 2 aromatic rings. The van der Waals surface area contributed by atoms with Crippen molar-refractivity contribution in [1.82, 2.24) is 4.90 Å². The third kappa shape index (κ3) is 4.00. The molecule has 1 atom stereocenters. The number of methoxy groups -OCH3 is 2. The molecule has 0 aliphatic carbocycles. The molecule has 0 spiro atoms. The van der Waals surface area contributed by atoms with Crippen LogP contribution in [0.3, 0.4) is 0 Å². The predicted molar refractivity (Wildman–Crippen MR) is 119 cm³/mol. The molecule has 0 saturated carbocycles. The lowest BCUT2D eigenvalue weighted by Crippen LogP contribution is -2.35. The van der Waals surface area contributed by atoms with E-state index >= 15 is 0 Å². The normalized spacial score (nSPS) is 20.2. The van der Waals surface area contributed by atoms with E-state index in [9.17, 15) is 5.26 Å². The van der Waals surface area contributed by atoms with Gasteiger partial charge >= 0.3 is 0 Å². The summed E-state index contributed by atoms with van der Waals surface area (Å²) in [6.07, 6.45) is 2.10.